The van der Waals surface area contributed by atoms with Gasteiger partial charge >= 0.3 is 12.3 Å². The van der Waals surface area contributed by atoms with Crippen molar-refractivity contribution in [2.75, 3.05) is 24.6 Å². The molecule has 1 unspecified atom stereocenters. The first-order valence-electron chi connectivity index (χ1n) is 12.7. The van der Waals surface area contributed by atoms with Crippen LogP contribution in [0.15, 0.2) is 24.3 Å². The second-order valence-electron chi connectivity index (χ2n) is 11.3. The van der Waals surface area contributed by atoms with Crippen LogP contribution in [0.1, 0.15) is 51.5 Å². The van der Waals surface area contributed by atoms with Crippen LogP contribution >= 0.6 is 0 Å². The molecule has 0 spiro atoms. The van der Waals surface area contributed by atoms with Crippen LogP contribution in [0, 0.1) is 16.7 Å². The number of rotatable bonds is 10. The van der Waals surface area contributed by atoms with Gasteiger partial charge in [-0.2, -0.15) is 13.2 Å². The predicted molar refractivity (Wildman–Crippen MR) is 134 cm³/mol. The molecular formula is C26H37F3N4O5. The molecule has 2 aliphatic rings. The first-order valence-corrected chi connectivity index (χ1v) is 12.7. The Balaban J connectivity index is 1.58. The molecule has 3 amide bonds. The summed E-state index contributed by atoms with van der Waals surface area (Å²) >= 11 is 0. The number of anilines is 1. The van der Waals surface area contributed by atoms with E-state index in [1.54, 1.807) is 4.90 Å². The smallest absolute Gasteiger partial charge is 0.404 e. The Kier molecular flexibility index (Phi) is 8.97. The lowest BCUT2D eigenvalue weighted by atomic mass is 9.67. The third kappa shape index (κ3) is 6.76. The monoisotopic (exact) mass is 542 g/mol. The fourth-order valence-corrected chi connectivity index (χ4v) is 5.27. The quantitative estimate of drug-likeness (QED) is 0.357. The lowest BCUT2D eigenvalue weighted by Crippen LogP contribution is -2.57. The van der Waals surface area contributed by atoms with Gasteiger partial charge in [-0.1, -0.05) is 38.5 Å². The zero-order chi connectivity index (χ0) is 28.3. The molecule has 9 nitrogen and oxygen atoms in total. The molecule has 38 heavy (non-hydrogen) atoms. The summed E-state index contributed by atoms with van der Waals surface area (Å²) in [5.41, 5.74) is 9.88. The van der Waals surface area contributed by atoms with Crippen molar-refractivity contribution in [3.05, 3.63) is 29.8 Å². The van der Waals surface area contributed by atoms with Crippen molar-refractivity contribution >= 4 is 23.6 Å². The highest BCUT2D eigenvalue weighted by Crippen LogP contribution is 2.53. The summed E-state index contributed by atoms with van der Waals surface area (Å²) in [5.74, 6) is -1.46. The number of primary amides is 1. The molecule has 1 aromatic carbocycles. The fourth-order valence-electron chi connectivity index (χ4n) is 5.27. The summed E-state index contributed by atoms with van der Waals surface area (Å²) in [7, 11) is 0. The van der Waals surface area contributed by atoms with Crippen LogP contribution < -0.4 is 21.7 Å². The lowest BCUT2D eigenvalue weighted by Gasteiger charge is -2.41. The minimum atomic E-state index is -4.65. The van der Waals surface area contributed by atoms with Crippen LogP contribution in [0.2, 0.25) is 0 Å². The van der Waals surface area contributed by atoms with Crippen LogP contribution in [0.5, 0.6) is 0 Å². The molecule has 3 rings (SSSR count). The van der Waals surface area contributed by atoms with Crippen molar-refractivity contribution in [3.63, 3.8) is 0 Å². The van der Waals surface area contributed by atoms with E-state index in [9.17, 15) is 32.7 Å². The number of para-hydroxylation sites is 1. The van der Waals surface area contributed by atoms with E-state index in [4.69, 9.17) is 16.2 Å². The Hall–Kier alpha value is -2.86. The molecular weight excluding hydrogens is 505 g/mol. The number of carbonyl (C=O) groups excluding carboxylic acids is 3. The maximum absolute atomic E-state index is 13.4. The number of hydrogen-bond donors (Lipinski definition) is 4. The standard InChI is InChI=1S/C26H37F3N4O5/c1-24(2,11-18(30)20(34)13-32-22(36)25(8-5-9-25)26(27,28)29)12-21(35)33-14-16(15-38-23(31)37)10-17-6-3-4-7-19(17)33/h3-4,6-7,16,18,20,34H,5,8-15,30H2,1-2H3,(H2,31,37)(H,32,36)/t16?,18-,20-/m0/s1. The number of carbonyl (C=O) groups is 3. The predicted octanol–water partition coefficient (Wildman–Crippen LogP) is 2.63. The Bertz CT molecular complexity index is 1030. The van der Waals surface area contributed by atoms with Gasteiger partial charge in [0.25, 0.3) is 0 Å². The minimum Gasteiger partial charge on any atom is -0.449 e. The summed E-state index contributed by atoms with van der Waals surface area (Å²) in [4.78, 5) is 38.4. The summed E-state index contributed by atoms with van der Waals surface area (Å²) in [5, 5.41) is 12.7. The molecule has 0 radical (unpaired) electrons. The number of aliphatic hydroxyl groups excluding tert-OH is 1. The van der Waals surface area contributed by atoms with Crippen molar-refractivity contribution in [1.29, 1.82) is 0 Å². The Morgan fingerprint density at radius 1 is 1.24 bits per heavy atom. The number of alkyl halides is 3. The Labute approximate surface area is 220 Å². The maximum atomic E-state index is 13.4. The van der Waals surface area contributed by atoms with Gasteiger partial charge in [-0.05, 0) is 42.7 Å². The molecule has 6 N–H and O–H groups in total. The molecule has 1 aliphatic heterocycles. The van der Waals surface area contributed by atoms with Crippen molar-refractivity contribution < 1.29 is 37.4 Å². The van der Waals surface area contributed by atoms with Gasteiger partial charge in [0.05, 0.1) is 12.7 Å². The number of hydrogen-bond acceptors (Lipinski definition) is 6. The summed E-state index contributed by atoms with van der Waals surface area (Å²) in [6.07, 6.45) is -6.16. The van der Waals surface area contributed by atoms with E-state index >= 15 is 0 Å². The Morgan fingerprint density at radius 2 is 1.89 bits per heavy atom. The molecule has 212 valence electrons. The average Bonchev–Trinajstić information content (AvgIpc) is 2.78. The first-order chi connectivity index (χ1) is 17.6. The van der Waals surface area contributed by atoms with E-state index in [1.807, 2.05) is 38.1 Å². The van der Waals surface area contributed by atoms with Gasteiger partial charge in [0.1, 0.15) is 5.41 Å². The van der Waals surface area contributed by atoms with Gasteiger partial charge in [0.2, 0.25) is 11.8 Å². The molecule has 1 aliphatic carbocycles. The highest BCUT2D eigenvalue weighted by molar-refractivity contribution is 5.95. The third-order valence-corrected chi connectivity index (χ3v) is 7.56. The fraction of sp³-hybridized carbons (Fsp3) is 0.654. The van der Waals surface area contributed by atoms with E-state index < -0.39 is 47.7 Å². The zero-order valence-electron chi connectivity index (χ0n) is 21.7. The normalized spacial score (nSPS) is 20.5. The number of nitrogens with two attached hydrogens (primary N) is 2. The van der Waals surface area contributed by atoms with E-state index in [0.29, 0.717) is 19.4 Å². The SMILES string of the molecule is CC(C)(CC(=O)N1CC(COC(N)=O)Cc2ccccc21)C[C@H](N)[C@@H](O)CNC(=O)C1(C(F)(F)F)CCC1. The zero-order valence-corrected chi connectivity index (χ0v) is 21.7. The van der Waals surface area contributed by atoms with Gasteiger partial charge in [0, 0.05) is 37.2 Å². The number of benzene rings is 1. The summed E-state index contributed by atoms with van der Waals surface area (Å²) < 4.78 is 45.1. The number of nitrogens with one attached hydrogen (secondary N) is 1. The lowest BCUT2D eigenvalue weighted by molar-refractivity contribution is -0.243. The van der Waals surface area contributed by atoms with E-state index in [1.165, 1.54) is 0 Å². The highest BCUT2D eigenvalue weighted by Gasteiger charge is 2.63. The minimum absolute atomic E-state index is 0.0781. The van der Waals surface area contributed by atoms with Gasteiger partial charge in [0.15, 0.2) is 0 Å². The highest BCUT2D eigenvalue weighted by atomic mass is 19.4. The average molecular weight is 543 g/mol. The number of halogens is 3. The molecule has 12 heteroatoms. The number of amides is 3. The van der Waals surface area contributed by atoms with Crippen LogP contribution in [-0.4, -0.2) is 61.0 Å². The second kappa shape index (κ2) is 11.5. The van der Waals surface area contributed by atoms with Crippen LogP contribution in [0.3, 0.4) is 0 Å². The van der Waals surface area contributed by atoms with E-state index in [2.05, 4.69) is 5.32 Å². The van der Waals surface area contributed by atoms with Gasteiger partial charge in [-0.3, -0.25) is 9.59 Å². The maximum Gasteiger partial charge on any atom is 0.404 e. The summed E-state index contributed by atoms with van der Waals surface area (Å²) in [6, 6.07) is 6.57. The Morgan fingerprint density at radius 3 is 2.47 bits per heavy atom. The van der Waals surface area contributed by atoms with E-state index in [-0.39, 0.29) is 44.1 Å². The number of nitrogens with zero attached hydrogens (tertiary/aromatic N) is 1. The van der Waals surface area contributed by atoms with Gasteiger partial charge in [-0.25, -0.2) is 4.79 Å². The third-order valence-electron chi connectivity index (χ3n) is 7.56. The molecule has 0 saturated heterocycles. The van der Waals surface area contributed by atoms with Crippen LogP contribution in [-0.2, 0) is 20.7 Å². The largest absolute Gasteiger partial charge is 0.449 e. The molecule has 0 aromatic heterocycles. The van der Waals surface area contributed by atoms with Gasteiger partial charge in [-0.15, -0.1) is 0 Å². The van der Waals surface area contributed by atoms with Crippen molar-refractivity contribution in [2.24, 2.45) is 28.2 Å². The van der Waals surface area contributed by atoms with Gasteiger partial charge < -0.3 is 31.5 Å². The molecule has 1 saturated carbocycles. The first kappa shape index (κ1) is 29.7. The number of fused-ring (bicyclic) bond motifs is 1. The molecule has 0 bridgehead atoms. The number of ether oxygens (including phenoxy) is 1. The molecule has 1 heterocycles. The van der Waals surface area contributed by atoms with E-state index in [0.717, 1.165) is 11.3 Å². The molecule has 1 aromatic rings. The van der Waals surface area contributed by atoms with Crippen molar-refractivity contribution in [3.8, 4) is 0 Å². The molecule has 3 atom stereocenters. The summed E-state index contributed by atoms with van der Waals surface area (Å²) in [6.45, 7) is 3.62. The molecule has 1 fully saturated rings. The van der Waals surface area contributed by atoms with Crippen LogP contribution in [0.4, 0.5) is 23.7 Å². The topological polar surface area (TPSA) is 148 Å². The van der Waals surface area contributed by atoms with Crippen LogP contribution in [0.25, 0.3) is 0 Å². The second-order valence-corrected chi connectivity index (χ2v) is 11.3. The number of aliphatic hydroxyl groups is 1. The van der Waals surface area contributed by atoms with Crippen molar-refractivity contribution in [1.82, 2.24) is 5.32 Å². The van der Waals surface area contributed by atoms with Crippen molar-refractivity contribution in [2.45, 2.75) is 70.7 Å².